The smallest absolute Gasteiger partial charge is 0.423 e. The van der Waals surface area contributed by atoms with Crippen molar-refractivity contribution in [1.29, 1.82) is 0 Å². The maximum Gasteiger partial charge on any atom is 1.00 e. The molecule has 0 bridgehead atoms. The zero-order valence-electron chi connectivity index (χ0n) is 18.5. The maximum absolute atomic E-state index is 13.1. The van der Waals surface area contributed by atoms with Crippen LogP contribution in [0.4, 0.5) is 16.2 Å². The van der Waals surface area contributed by atoms with Gasteiger partial charge in [-0.15, -0.1) is 0 Å². The van der Waals surface area contributed by atoms with Crippen molar-refractivity contribution in [2.24, 2.45) is 13.0 Å². The number of carbonyl (C=O) groups excluding carboxylic acids is 1. The molecule has 2 aromatic rings. The number of aromatic nitrogens is 2. The fourth-order valence-electron chi connectivity index (χ4n) is 4.75. The largest absolute Gasteiger partial charge is 1.00 e. The molecule has 1 saturated heterocycles. The molecule has 9 nitrogen and oxygen atoms in total. The number of amides is 2. The first-order valence-electron chi connectivity index (χ1n) is 10.7. The molecule has 11 heteroatoms. The number of urea groups is 1. The van der Waals surface area contributed by atoms with Gasteiger partial charge in [-0.05, 0) is 66.5 Å². The molecule has 1 fully saturated rings. The topological polar surface area (TPSA) is 108 Å². The second-order valence-corrected chi connectivity index (χ2v) is 10.1. The minimum Gasteiger partial charge on any atom is -0.423 e. The van der Waals surface area contributed by atoms with Gasteiger partial charge in [-0.1, -0.05) is 6.07 Å². The van der Waals surface area contributed by atoms with Gasteiger partial charge in [0, 0.05) is 25.7 Å². The number of nitrogens with zero attached hydrogens (tertiary/aromatic N) is 4. The summed E-state index contributed by atoms with van der Waals surface area (Å²) in [5.74, 6) is 0.0638. The summed E-state index contributed by atoms with van der Waals surface area (Å²) in [6.07, 6.45) is 8.95. The molecule has 0 radical (unpaired) electrons. The van der Waals surface area contributed by atoms with E-state index in [9.17, 15) is 13.2 Å². The summed E-state index contributed by atoms with van der Waals surface area (Å²) in [5, 5.41) is 6.90. The molecule has 2 heterocycles. The monoisotopic (exact) mass is 467 g/mol. The van der Waals surface area contributed by atoms with Gasteiger partial charge in [0.2, 0.25) is 0 Å². The second kappa shape index (κ2) is 9.34. The summed E-state index contributed by atoms with van der Waals surface area (Å²) >= 11 is 0. The van der Waals surface area contributed by atoms with E-state index in [1.165, 1.54) is 22.0 Å². The number of fused-ring (bicyclic) bond motifs is 2. The van der Waals surface area contributed by atoms with Crippen molar-refractivity contribution in [2.45, 2.75) is 38.5 Å². The van der Waals surface area contributed by atoms with Crippen molar-refractivity contribution < 1.29 is 47.5 Å². The Bertz CT molecular complexity index is 1100. The molecule has 5 rings (SSSR count). The Kier molecular flexibility index (Phi) is 6.88. The number of hydrogen-bond donors (Lipinski definition) is 1. The number of aryl methyl sites for hydroxylation is 3. The number of rotatable bonds is 6. The van der Waals surface area contributed by atoms with Gasteiger partial charge in [-0.25, -0.2) is 8.42 Å². The first kappa shape index (κ1) is 23.6. The number of hydrogen-bond acceptors (Lipinski definition) is 5. The zero-order chi connectivity index (χ0) is 21.6. The van der Waals surface area contributed by atoms with Gasteiger partial charge in [0.05, 0.1) is 25.1 Å². The zero-order valence-corrected chi connectivity index (χ0v) is 21.3. The molecule has 0 saturated carbocycles. The molecule has 1 aromatic heterocycles. The van der Waals surface area contributed by atoms with Crippen LogP contribution in [-0.4, -0.2) is 44.0 Å². The first-order chi connectivity index (χ1) is 14.9. The fraction of sp³-hybridized carbons (Fsp3) is 0.524. The summed E-state index contributed by atoms with van der Waals surface area (Å²) in [6.45, 7) is 1.17. The molecular weight excluding hydrogens is 441 g/mol. The van der Waals surface area contributed by atoms with Crippen LogP contribution in [0, 0.1) is 5.92 Å². The molecule has 0 spiro atoms. The third-order valence-electron chi connectivity index (χ3n) is 6.29. The van der Waals surface area contributed by atoms with Crippen molar-refractivity contribution in [1.82, 2.24) is 9.78 Å². The minimum absolute atomic E-state index is 0. The van der Waals surface area contributed by atoms with Crippen molar-refractivity contribution in [2.75, 3.05) is 29.4 Å². The average molecular weight is 468 g/mol. The predicted octanol–water partition coefficient (Wildman–Crippen LogP) is -0.295. The molecule has 1 N–H and O–H groups in total. The van der Waals surface area contributed by atoms with Gasteiger partial charge in [0.25, 0.3) is 10.2 Å². The van der Waals surface area contributed by atoms with Crippen LogP contribution < -0.4 is 39.2 Å². The third kappa shape index (κ3) is 4.56. The van der Waals surface area contributed by atoms with Crippen LogP contribution >= 0.6 is 0 Å². The van der Waals surface area contributed by atoms with Gasteiger partial charge < -0.3 is 14.8 Å². The maximum atomic E-state index is 13.1. The number of ether oxygens (including phenoxy) is 1. The molecule has 3 aliphatic rings. The van der Waals surface area contributed by atoms with E-state index in [4.69, 9.17) is 4.74 Å². The summed E-state index contributed by atoms with van der Waals surface area (Å²) in [7, 11) is -2.53. The van der Waals surface area contributed by atoms with Crippen LogP contribution in [0.1, 0.15) is 35.1 Å². The van der Waals surface area contributed by atoms with Crippen molar-refractivity contribution >= 4 is 27.6 Å². The van der Waals surface area contributed by atoms with Gasteiger partial charge in [0.1, 0.15) is 0 Å². The van der Waals surface area contributed by atoms with Crippen LogP contribution in [0.2, 0.25) is 0 Å². The van der Waals surface area contributed by atoms with Gasteiger partial charge in [-0.3, -0.25) is 13.8 Å². The number of carbonyl (C=O) groups is 1. The molecule has 1 aliphatic heterocycles. The van der Waals surface area contributed by atoms with Gasteiger partial charge >= 0.3 is 29.6 Å². The molecule has 1 aromatic carbocycles. The molecular formula is C21H26N5NaO4S. The Morgan fingerprint density at radius 3 is 2.41 bits per heavy atom. The Morgan fingerprint density at radius 2 is 1.88 bits per heavy atom. The summed E-state index contributed by atoms with van der Waals surface area (Å²) in [6, 6.07) is 1.41. The normalized spacial score (nSPS) is 17.2. The average Bonchev–Trinajstić information content (AvgIpc) is 3.40. The standard InChI is InChI=1S/C21H27N5O4S.Na/c1-25-11-17(9-22-25)26(10-14-12-30-13-14)31(28,29)24-21(27)23-20-18-6-2-4-15(18)8-16-5-3-7-19(16)20;/h8-9,11,14H,2-7,10,12-13H2,1H3,(H2,23,24,27);/q;+1/p-1. The third-order valence-corrected chi connectivity index (χ3v) is 7.61. The van der Waals surface area contributed by atoms with E-state index in [1.54, 1.807) is 13.2 Å². The molecule has 2 amide bonds. The van der Waals surface area contributed by atoms with Gasteiger partial charge in [-0.2, -0.15) is 5.10 Å². The van der Waals surface area contributed by atoms with Crippen LogP contribution in [0.3, 0.4) is 0 Å². The van der Waals surface area contributed by atoms with E-state index in [0.29, 0.717) is 18.9 Å². The first-order valence-corrected chi connectivity index (χ1v) is 12.1. The fourth-order valence-corrected chi connectivity index (χ4v) is 5.86. The number of anilines is 2. The molecule has 32 heavy (non-hydrogen) atoms. The SMILES string of the molecule is Cn1cc(N(CC2COC2)S(=O)(=O)[N-]C(=O)Nc2c3c(cc4c2CCC4)CCC3)cn1.[Na+]. The molecule has 166 valence electrons. The van der Waals surface area contributed by atoms with E-state index in [1.807, 2.05) is 0 Å². The Balaban J connectivity index is 0.00000245. The molecule has 0 atom stereocenters. The quantitative estimate of drug-likeness (QED) is 0.588. The second-order valence-electron chi connectivity index (χ2n) is 8.54. The summed E-state index contributed by atoms with van der Waals surface area (Å²) in [4.78, 5) is 12.8. The number of benzene rings is 1. The van der Waals surface area contributed by atoms with Crippen LogP contribution in [0.5, 0.6) is 0 Å². The summed E-state index contributed by atoms with van der Waals surface area (Å²) < 4.78 is 37.7. The Hall–Kier alpha value is -1.59. The van der Waals surface area contributed by atoms with E-state index < -0.39 is 16.2 Å². The van der Waals surface area contributed by atoms with E-state index in [-0.39, 0.29) is 42.0 Å². The number of nitrogens with one attached hydrogen (secondary N) is 1. The van der Waals surface area contributed by atoms with E-state index >= 15 is 0 Å². The van der Waals surface area contributed by atoms with Crippen molar-refractivity contribution in [3.63, 3.8) is 0 Å². The van der Waals surface area contributed by atoms with Crippen LogP contribution in [0.25, 0.3) is 4.72 Å². The molecule has 0 unspecified atom stereocenters. The predicted molar refractivity (Wildman–Crippen MR) is 117 cm³/mol. The van der Waals surface area contributed by atoms with E-state index in [0.717, 1.165) is 59.6 Å². The van der Waals surface area contributed by atoms with Crippen LogP contribution in [-0.2, 0) is 47.7 Å². The van der Waals surface area contributed by atoms with Crippen molar-refractivity contribution in [3.05, 3.63) is 45.4 Å². The Labute approximate surface area is 210 Å². The van der Waals surface area contributed by atoms with E-state index in [2.05, 4.69) is 21.2 Å². The Morgan fingerprint density at radius 1 is 1.22 bits per heavy atom. The summed E-state index contributed by atoms with van der Waals surface area (Å²) in [5.41, 5.74) is 5.97. The van der Waals surface area contributed by atoms with Crippen molar-refractivity contribution in [3.8, 4) is 0 Å². The van der Waals surface area contributed by atoms with Gasteiger partial charge in [0.15, 0.2) is 6.03 Å². The minimum atomic E-state index is -4.24. The molecule has 2 aliphatic carbocycles. The van der Waals surface area contributed by atoms with Crippen LogP contribution in [0.15, 0.2) is 18.5 Å².